The number of nitrogens with one attached hydrogen (secondary N) is 2. The number of methoxy groups -OCH3 is 1. The van der Waals surface area contributed by atoms with Gasteiger partial charge in [-0.25, -0.2) is 8.42 Å². The zero-order valence-electron chi connectivity index (χ0n) is 17.4. The number of sulfonamides is 1. The Labute approximate surface area is 192 Å². The van der Waals surface area contributed by atoms with Crippen LogP contribution in [0.2, 0.25) is 0 Å². The topological polar surface area (TPSA) is 186 Å². The zero-order valence-corrected chi connectivity index (χ0v) is 18.2. The molecule has 0 bridgehead atoms. The summed E-state index contributed by atoms with van der Waals surface area (Å²) in [6.45, 7) is 0. The van der Waals surface area contributed by atoms with Gasteiger partial charge in [0.25, 0.3) is 21.4 Å². The van der Waals surface area contributed by atoms with Gasteiger partial charge in [0.2, 0.25) is 0 Å². The van der Waals surface area contributed by atoms with Crippen molar-refractivity contribution < 1.29 is 28.1 Å². The molecular weight excluding hydrogens is 470 g/mol. The lowest BCUT2D eigenvalue weighted by molar-refractivity contribution is -0.384. The maximum absolute atomic E-state index is 12.8. The van der Waals surface area contributed by atoms with Crippen LogP contribution in [0.3, 0.4) is 0 Å². The quantitative estimate of drug-likeness (QED) is 0.231. The van der Waals surface area contributed by atoms with Crippen LogP contribution in [0.15, 0.2) is 70.7 Å². The lowest BCUT2D eigenvalue weighted by Gasteiger charge is -2.12. The van der Waals surface area contributed by atoms with Gasteiger partial charge in [-0.15, -0.1) is 0 Å². The van der Waals surface area contributed by atoms with Crippen molar-refractivity contribution >= 4 is 39.0 Å². The highest BCUT2D eigenvalue weighted by Gasteiger charge is 2.22. The summed E-state index contributed by atoms with van der Waals surface area (Å²) in [7, 11) is -2.83. The summed E-state index contributed by atoms with van der Waals surface area (Å²) in [5.41, 5.74) is 1.48. The van der Waals surface area contributed by atoms with E-state index in [1.54, 1.807) is 18.2 Å². The van der Waals surface area contributed by atoms with E-state index in [4.69, 9.17) is 4.74 Å². The van der Waals surface area contributed by atoms with Crippen molar-refractivity contribution in [3.63, 3.8) is 0 Å². The molecule has 0 aliphatic rings. The number of nitrogens with zero attached hydrogens (tertiary/aromatic N) is 3. The molecule has 0 fully saturated rings. The predicted octanol–water partition coefficient (Wildman–Crippen LogP) is 3.46. The van der Waals surface area contributed by atoms with Gasteiger partial charge in [-0.2, -0.15) is 5.10 Å². The number of nitro groups is 2. The average Bonchev–Trinajstić information content (AvgIpc) is 2.80. The summed E-state index contributed by atoms with van der Waals surface area (Å²) in [5, 5.41) is 36.0. The first kappa shape index (κ1) is 23.9. The van der Waals surface area contributed by atoms with E-state index < -0.39 is 25.6 Å². The van der Waals surface area contributed by atoms with Gasteiger partial charge in [0, 0.05) is 23.8 Å². The number of anilines is 2. The number of phenolic OH excluding ortho intramolecular Hbond substituents is 1. The highest BCUT2D eigenvalue weighted by atomic mass is 32.2. The number of benzene rings is 3. The molecule has 3 aromatic rings. The Morgan fingerprint density at radius 3 is 2.41 bits per heavy atom. The Morgan fingerprint density at radius 2 is 1.74 bits per heavy atom. The average molecular weight is 487 g/mol. The molecular formula is C20H17N5O8S. The molecule has 0 saturated heterocycles. The molecule has 0 aromatic heterocycles. The van der Waals surface area contributed by atoms with Crippen LogP contribution in [0.1, 0.15) is 5.56 Å². The smallest absolute Gasteiger partial charge is 0.295 e. The second-order valence-electron chi connectivity index (χ2n) is 6.61. The van der Waals surface area contributed by atoms with Crippen molar-refractivity contribution in [2.24, 2.45) is 5.10 Å². The molecule has 0 radical (unpaired) electrons. The summed E-state index contributed by atoms with van der Waals surface area (Å²) in [6, 6.07) is 12.6. The molecule has 176 valence electrons. The van der Waals surface area contributed by atoms with Gasteiger partial charge >= 0.3 is 0 Å². The largest absolute Gasteiger partial charge is 0.507 e. The summed E-state index contributed by atoms with van der Waals surface area (Å²) in [5.74, 6) is -0.0351. The second kappa shape index (κ2) is 9.83. The Bertz CT molecular complexity index is 1390. The van der Waals surface area contributed by atoms with Crippen molar-refractivity contribution in [1.29, 1.82) is 0 Å². The summed E-state index contributed by atoms with van der Waals surface area (Å²) in [6.07, 6.45) is 1.03. The van der Waals surface area contributed by atoms with Crippen LogP contribution < -0.4 is 14.9 Å². The van der Waals surface area contributed by atoms with Gasteiger partial charge in [-0.1, -0.05) is 12.1 Å². The molecule has 0 saturated carbocycles. The lowest BCUT2D eigenvalue weighted by Crippen LogP contribution is -2.14. The normalized spacial score (nSPS) is 11.2. The molecule has 0 heterocycles. The molecule has 3 N–H and O–H groups in total. The molecule has 3 aromatic carbocycles. The van der Waals surface area contributed by atoms with Crippen LogP contribution in [0.5, 0.6) is 11.5 Å². The maximum Gasteiger partial charge on any atom is 0.295 e. The summed E-state index contributed by atoms with van der Waals surface area (Å²) < 4.78 is 32.9. The molecule has 13 nitrogen and oxygen atoms in total. The van der Waals surface area contributed by atoms with Crippen molar-refractivity contribution in [3.8, 4) is 11.5 Å². The summed E-state index contributed by atoms with van der Waals surface area (Å²) in [4.78, 5) is 20.6. The van der Waals surface area contributed by atoms with E-state index in [0.29, 0.717) is 0 Å². The molecule has 0 spiro atoms. The minimum absolute atomic E-state index is 0.00967. The molecule has 0 atom stereocenters. The van der Waals surface area contributed by atoms with Crippen LogP contribution in [-0.2, 0) is 10.0 Å². The Balaban J connectivity index is 1.87. The van der Waals surface area contributed by atoms with E-state index in [2.05, 4.69) is 15.2 Å². The highest BCUT2D eigenvalue weighted by molar-refractivity contribution is 7.92. The highest BCUT2D eigenvalue weighted by Crippen LogP contribution is 2.31. The molecule has 34 heavy (non-hydrogen) atoms. The third-order valence-electron chi connectivity index (χ3n) is 4.44. The maximum atomic E-state index is 12.8. The third-order valence-corrected chi connectivity index (χ3v) is 5.80. The van der Waals surface area contributed by atoms with E-state index in [1.165, 1.54) is 13.2 Å². The van der Waals surface area contributed by atoms with E-state index >= 15 is 0 Å². The first-order valence-corrected chi connectivity index (χ1v) is 10.8. The third kappa shape index (κ3) is 5.36. The van der Waals surface area contributed by atoms with Gasteiger partial charge in [-0.3, -0.25) is 30.4 Å². The van der Waals surface area contributed by atoms with Crippen LogP contribution >= 0.6 is 0 Å². The second-order valence-corrected chi connectivity index (χ2v) is 8.29. The molecule has 14 heteroatoms. The number of nitro benzene ring substituents is 2. The van der Waals surface area contributed by atoms with E-state index in [9.17, 15) is 33.8 Å². The lowest BCUT2D eigenvalue weighted by atomic mass is 10.2. The van der Waals surface area contributed by atoms with Crippen LogP contribution in [0, 0.1) is 20.2 Å². The van der Waals surface area contributed by atoms with E-state index in [0.717, 1.165) is 42.6 Å². The predicted molar refractivity (Wildman–Crippen MR) is 123 cm³/mol. The fraction of sp³-hybridized carbons (Fsp3) is 0.0500. The summed E-state index contributed by atoms with van der Waals surface area (Å²) >= 11 is 0. The Hall–Kier alpha value is -4.72. The monoisotopic (exact) mass is 487 g/mol. The van der Waals surface area contributed by atoms with Crippen LogP contribution in [-0.4, -0.2) is 36.7 Å². The fourth-order valence-electron chi connectivity index (χ4n) is 2.79. The van der Waals surface area contributed by atoms with Crippen molar-refractivity contribution in [2.45, 2.75) is 4.90 Å². The fourth-order valence-corrected chi connectivity index (χ4v) is 3.88. The number of hydrogen-bond acceptors (Lipinski definition) is 10. The van der Waals surface area contributed by atoms with Crippen molar-refractivity contribution in [1.82, 2.24) is 0 Å². The number of hydrazone groups is 1. The molecule has 3 rings (SSSR count). The first-order valence-electron chi connectivity index (χ1n) is 9.33. The van der Waals surface area contributed by atoms with Crippen LogP contribution in [0.4, 0.5) is 22.7 Å². The molecule has 0 unspecified atom stereocenters. The standard InChI is InChI=1S/C20H17N5O8S/c1-33-20-5-3-2-4-17(20)23-34(31,32)15-7-8-16(18(11-15)25(29)30)22-21-12-13-10-14(24(27)28)6-9-19(13)26/h2-12,22-23,26H,1H3/b21-12+. The van der Waals surface area contributed by atoms with Crippen molar-refractivity contribution in [3.05, 3.63) is 86.5 Å². The number of para-hydroxylation sites is 2. The minimum Gasteiger partial charge on any atom is -0.507 e. The Morgan fingerprint density at radius 1 is 1.00 bits per heavy atom. The number of ether oxygens (including phenoxy) is 1. The minimum atomic E-state index is -4.20. The molecule has 0 aliphatic carbocycles. The number of non-ortho nitro benzene ring substituents is 1. The molecule has 0 aliphatic heterocycles. The Kier molecular flexibility index (Phi) is 6.92. The van der Waals surface area contributed by atoms with Gasteiger partial charge < -0.3 is 9.84 Å². The van der Waals surface area contributed by atoms with Gasteiger partial charge in [0.05, 0.1) is 33.8 Å². The van der Waals surface area contributed by atoms with Crippen molar-refractivity contribution in [2.75, 3.05) is 17.3 Å². The number of phenols is 1. The van der Waals surface area contributed by atoms with Gasteiger partial charge in [-0.05, 0) is 30.3 Å². The van der Waals surface area contributed by atoms with Crippen LogP contribution in [0.25, 0.3) is 0 Å². The number of aromatic hydroxyl groups is 1. The first-order chi connectivity index (χ1) is 16.1. The number of rotatable bonds is 9. The van der Waals surface area contributed by atoms with E-state index in [1.807, 2.05) is 0 Å². The van der Waals surface area contributed by atoms with E-state index in [-0.39, 0.29) is 39.0 Å². The number of hydrogen-bond donors (Lipinski definition) is 3. The van der Waals surface area contributed by atoms with Gasteiger partial charge in [0.1, 0.15) is 17.2 Å². The zero-order chi connectivity index (χ0) is 24.9. The van der Waals surface area contributed by atoms with Gasteiger partial charge in [0.15, 0.2) is 0 Å². The molecule has 0 amide bonds. The SMILES string of the molecule is COc1ccccc1NS(=O)(=O)c1ccc(N/N=C/c2cc([N+](=O)[O-])ccc2O)c([N+](=O)[O-])c1.